The third-order valence-electron chi connectivity index (χ3n) is 5.13. The summed E-state index contributed by atoms with van der Waals surface area (Å²) < 4.78 is 15.2. The van der Waals surface area contributed by atoms with E-state index < -0.39 is 6.04 Å². The zero-order chi connectivity index (χ0) is 18.9. The zero-order valence-corrected chi connectivity index (χ0v) is 15.9. The van der Waals surface area contributed by atoms with Crippen LogP contribution < -0.4 is 5.32 Å². The summed E-state index contributed by atoms with van der Waals surface area (Å²) in [5.41, 5.74) is 3.06. The van der Waals surface area contributed by atoms with Gasteiger partial charge in [0.25, 0.3) is 0 Å². The Bertz CT molecular complexity index is 778. The average Bonchev–Trinajstić information content (AvgIpc) is 3.26. The number of rotatable bonds is 7. The van der Waals surface area contributed by atoms with Gasteiger partial charge in [0.15, 0.2) is 0 Å². The predicted octanol–water partition coefficient (Wildman–Crippen LogP) is 2.84. The normalized spacial score (nSPS) is 16.5. The summed E-state index contributed by atoms with van der Waals surface area (Å²) >= 11 is 0. The molecule has 1 fully saturated rings. The van der Waals surface area contributed by atoms with E-state index in [4.69, 9.17) is 0 Å². The Labute approximate surface area is 154 Å². The predicted molar refractivity (Wildman–Crippen MR) is 99.2 cm³/mol. The summed E-state index contributed by atoms with van der Waals surface area (Å²) in [4.78, 5) is 14.6. The number of carbonyl (C=O) groups is 1. The molecular weight excluding hydrogens is 331 g/mol. The fourth-order valence-electron chi connectivity index (χ4n) is 3.42. The van der Waals surface area contributed by atoms with Crippen molar-refractivity contribution < 1.29 is 9.18 Å². The van der Waals surface area contributed by atoms with Crippen molar-refractivity contribution in [3.05, 3.63) is 53.1 Å². The molecule has 0 bridgehead atoms. The molecule has 0 spiro atoms. The largest absolute Gasteiger partial charge is 0.354 e. The molecule has 0 unspecified atom stereocenters. The molecule has 6 heteroatoms. The Morgan fingerprint density at radius 3 is 2.46 bits per heavy atom. The van der Waals surface area contributed by atoms with Gasteiger partial charge in [-0.3, -0.25) is 14.4 Å². The van der Waals surface area contributed by atoms with Crippen LogP contribution >= 0.6 is 0 Å². The number of nitrogens with zero attached hydrogens (tertiary/aromatic N) is 3. The molecule has 0 radical (unpaired) electrons. The van der Waals surface area contributed by atoms with E-state index in [1.54, 1.807) is 12.1 Å². The monoisotopic (exact) mass is 358 g/mol. The number of carbonyl (C=O) groups excluding carboxylic acids is 1. The Morgan fingerprint density at radius 2 is 1.96 bits per heavy atom. The van der Waals surface area contributed by atoms with Crippen molar-refractivity contribution in [1.82, 2.24) is 20.0 Å². The molecule has 1 heterocycles. The Kier molecular flexibility index (Phi) is 5.14. The number of likely N-dealkylation sites (N-methyl/N-ethyl adjacent to an activating group) is 1. The second kappa shape index (κ2) is 7.19. The molecule has 5 nitrogen and oxygen atoms in total. The molecule has 0 saturated heterocycles. The van der Waals surface area contributed by atoms with E-state index in [2.05, 4.69) is 23.4 Å². The van der Waals surface area contributed by atoms with Crippen molar-refractivity contribution in [2.75, 3.05) is 20.6 Å². The molecule has 0 aliphatic heterocycles. The minimum atomic E-state index is -0.430. The van der Waals surface area contributed by atoms with E-state index in [0.29, 0.717) is 6.54 Å². The highest BCUT2D eigenvalue weighted by Gasteiger charge is 2.44. The lowest BCUT2D eigenvalue weighted by Gasteiger charge is -2.25. The Balaban J connectivity index is 1.64. The van der Waals surface area contributed by atoms with Gasteiger partial charge in [-0.2, -0.15) is 5.10 Å². The number of amides is 1. The summed E-state index contributed by atoms with van der Waals surface area (Å²) in [5.74, 6) is -0.352. The van der Waals surface area contributed by atoms with Gasteiger partial charge in [0.2, 0.25) is 5.91 Å². The van der Waals surface area contributed by atoms with E-state index in [9.17, 15) is 9.18 Å². The molecule has 26 heavy (non-hydrogen) atoms. The van der Waals surface area contributed by atoms with Crippen molar-refractivity contribution in [3.8, 4) is 0 Å². The molecule has 1 aromatic carbocycles. The summed E-state index contributed by atoms with van der Waals surface area (Å²) in [7, 11) is 3.72. The van der Waals surface area contributed by atoms with Gasteiger partial charge in [0.05, 0.1) is 5.69 Å². The molecule has 2 aromatic rings. The molecule has 3 rings (SSSR count). The number of hydrogen-bond acceptors (Lipinski definition) is 3. The van der Waals surface area contributed by atoms with E-state index in [0.717, 1.165) is 36.3 Å². The lowest BCUT2D eigenvalue weighted by Crippen LogP contribution is -2.40. The number of aromatic nitrogens is 2. The maximum Gasteiger partial charge on any atom is 0.241 e. The summed E-state index contributed by atoms with van der Waals surface area (Å²) in [5, 5.41) is 7.65. The van der Waals surface area contributed by atoms with Gasteiger partial charge < -0.3 is 5.32 Å². The molecular formula is C20H27FN4O. The number of hydrogen-bond donors (Lipinski definition) is 1. The molecule has 1 saturated carbocycles. The molecule has 1 aliphatic carbocycles. The van der Waals surface area contributed by atoms with Crippen LogP contribution in [0.5, 0.6) is 0 Å². The first-order valence-electron chi connectivity index (χ1n) is 9.00. The number of halogens is 1. The van der Waals surface area contributed by atoms with E-state index in [1.165, 1.54) is 12.1 Å². The average molecular weight is 358 g/mol. The van der Waals surface area contributed by atoms with Gasteiger partial charge in [0.1, 0.15) is 11.9 Å². The van der Waals surface area contributed by atoms with E-state index in [1.807, 2.05) is 30.6 Å². The molecule has 1 aliphatic rings. The van der Waals surface area contributed by atoms with Crippen LogP contribution in [0.1, 0.15) is 35.8 Å². The van der Waals surface area contributed by atoms with Crippen molar-refractivity contribution in [3.63, 3.8) is 0 Å². The highest BCUT2D eigenvalue weighted by molar-refractivity contribution is 5.83. The van der Waals surface area contributed by atoms with Crippen molar-refractivity contribution in [2.24, 2.45) is 5.41 Å². The smallest absolute Gasteiger partial charge is 0.241 e. The Morgan fingerprint density at radius 1 is 1.31 bits per heavy atom. The van der Waals surface area contributed by atoms with E-state index >= 15 is 0 Å². The molecule has 140 valence electrons. The molecule has 1 N–H and O–H groups in total. The van der Waals surface area contributed by atoms with Crippen LogP contribution in [-0.4, -0.2) is 41.2 Å². The van der Waals surface area contributed by atoms with Gasteiger partial charge in [-0.25, -0.2) is 4.39 Å². The van der Waals surface area contributed by atoms with Crippen molar-refractivity contribution in [2.45, 2.75) is 39.3 Å². The van der Waals surface area contributed by atoms with Crippen LogP contribution in [0.15, 0.2) is 30.3 Å². The fraction of sp³-hybridized carbons (Fsp3) is 0.500. The van der Waals surface area contributed by atoms with Crippen LogP contribution in [0.3, 0.4) is 0 Å². The molecule has 1 atom stereocenters. The van der Waals surface area contributed by atoms with Crippen molar-refractivity contribution in [1.29, 1.82) is 0 Å². The summed E-state index contributed by atoms with van der Waals surface area (Å²) in [6, 6.07) is 7.77. The van der Waals surface area contributed by atoms with Gasteiger partial charge >= 0.3 is 0 Å². The van der Waals surface area contributed by atoms with Crippen LogP contribution in [0.2, 0.25) is 0 Å². The number of benzene rings is 1. The first-order valence-corrected chi connectivity index (χ1v) is 9.00. The first-order chi connectivity index (χ1) is 12.3. The topological polar surface area (TPSA) is 50.2 Å². The standard InChI is InChI=1S/C20H27FN4O/c1-14-11-15(2)25(23-14)13-20(9-10-20)12-22-19(26)18(24(3)4)16-5-7-17(21)8-6-16/h5-8,11,18H,9-10,12-13H2,1-4H3,(H,22,26)/t18-/m1/s1. The van der Waals surface area contributed by atoms with Crippen LogP contribution in [0.4, 0.5) is 4.39 Å². The maximum atomic E-state index is 13.2. The fourth-order valence-corrected chi connectivity index (χ4v) is 3.42. The SMILES string of the molecule is Cc1cc(C)n(CC2(CNC(=O)[C@@H](c3ccc(F)cc3)N(C)C)CC2)n1. The quantitative estimate of drug-likeness (QED) is 0.828. The highest BCUT2D eigenvalue weighted by Crippen LogP contribution is 2.46. The third kappa shape index (κ3) is 4.12. The number of aryl methyl sites for hydroxylation is 2. The highest BCUT2D eigenvalue weighted by atomic mass is 19.1. The lowest BCUT2D eigenvalue weighted by atomic mass is 10.0. The van der Waals surface area contributed by atoms with Gasteiger partial charge in [0, 0.05) is 24.2 Å². The maximum absolute atomic E-state index is 13.2. The first kappa shape index (κ1) is 18.6. The lowest BCUT2D eigenvalue weighted by molar-refractivity contribution is -0.126. The van der Waals surface area contributed by atoms with Crippen LogP contribution in [0.25, 0.3) is 0 Å². The zero-order valence-electron chi connectivity index (χ0n) is 15.9. The summed E-state index contributed by atoms with van der Waals surface area (Å²) in [6.07, 6.45) is 2.18. The summed E-state index contributed by atoms with van der Waals surface area (Å²) in [6.45, 7) is 5.52. The second-order valence-corrected chi connectivity index (χ2v) is 7.72. The van der Waals surface area contributed by atoms with Gasteiger partial charge in [-0.15, -0.1) is 0 Å². The van der Waals surface area contributed by atoms with Crippen LogP contribution in [0, 0.1) is 25.1 Å². The minimum Gasteiger partial charge on any atom is -0.354 e. The third-order valence-corrected chi connectivity index (χ3v) is 5.13. The van der Waals surface area contributed by atoms with Crippen molar-refractivity contribution >= 4 is 5.91 Å². The van der Waals surface area contributed by atoms with Gasteiger partial charge in [-0.05, 0) is 64.5 Å². The second-order valence-electron chi connectivity index (χ2n) is 7.72. The van der Waals surface area contributed by atoms with Crippen LogP contribution in [-0.2, 0) is 11.3 Å². The minimum absolute atomic E-state index is 0.0544. The molecule has 1 amide bonds. The number of nitrogens with one attached hydrogen (secondary N) is 1. The van der Waals surface area contributed by atoms with Gasteiger partial charge in [-0.1, -0.05) is 12.1 Å². The van der Waals surface area contributed by atoms with E-state index in [-0.39, 0.29) is 17.1 Å². The molecule has 1 aromatic heterocycles. The Hall–Kier alpha value is -2.21.